The summed E-state index contributed by atoms with van der Waals surface area (Å²) in [6.07, 6.45) is 4.56. The number of rotatable bonds is 5. The number of hydrogen-bond donors (Lipinski definition) is 0. The zero-order chi connectivity index (χ0) is 19.0. The molecule has 0 aliphatic carbocycles. The van der Waals surface area contributed by atoms with Gasteiger partial charge in [-0.15, -0.1) is 21.5 Å². The second-order valence-electron chi connectivity index (χ2n) is 6.59. The van der Waals surface area contributed by atoms with Crippen molar-refractivity contribution in [3.8, 4) is 10.8 Å². The van der Waals surface area contributed by atoms with Crippen molar-refractivity contribution in [1.29, 1.82) is 0 Å². The molecule has 1 saturated heterocycles. The first kappa shape index (κ1) is 18.3. The molecule has 0 saturated carbocycles. The molecular formula is C17H21N5O3S2. The number of nitrogens with zero attached hydrogens (tertiary/aromatic N) is 5. The summed E-state index contributed by atoms with van der Waals surface area (Å²) in [4.78, 5) is 2.33. The van der Waals surface area contributed by atoms with E-state index in [0.717, 1.165) is 17.7 Å². The van der Waals surface area contributed by atoms with E-state index in [1.165, 1.54) is 15.4 Å². The van der Waals surface area contributed by atoms with Gasteiger partial charge in [-0.25, -0.2) is 8.42 Å². The smallest absolute Gasteiger partial charge is 0.257 e. The first-order valence-corrected chi connectivity index (χ1v) is 11.2. The molecule has 1 atom stereocenters. The van der Waals surface area contributed by atoms with Gasteiger partial charge in [-0.05, 0) is 38.8 Å². The number of aryl methyl sites for hydroxylation is 2. The van der Waals surface area contributed by atoms with Crippen molar-refractivity contribution in [2.24, 2.45) is 0 Å². The van der Waals surface area contributed by atoms with Crippen molar-refractivity contribution in [2.75, 3.05) is 13.1 Å². The van der Waals surface area contributed by atoms with Crippen LogP contribution in [0.5, 0.6) is 0 Å². The molecule has 27 heavy (non-hydrogen) atoms. The molecule has 0 bridgehead atoms. The zero-order valence-electron chi connectivity index (χ0n) is 15.2. The summed E-state index contributed by atoms with van der Waals surface area (Å²) in [7, 11) is -3.57. The third-order valence-corrected chi connectivity index (χ3v) is 7.50. The molecule has 1 fully saturated rings. The minimum Gasteiger partial charge on any atom is -0.420 e. The molecule has 0 radical (unpaired) electrons. The summed E-state index contributed by atoms with van der Waals surface area (Å²) in [5.41, 5.74) is 0. The van der Waals surface area contributed by atoms with E-state index in [1.807, 2.05) is 26.0 Å². The van der Waals surface area contributed by atoms with Crippen LogP contribution in [0.1, 0.15) is 36.5 Å². The Hall–Kier alpha value is -2.04. The fourth-order valence-corrected chi connectivity index (χ4v) is 5.48. The van der Waals surface area contributed by atoms with Gasteiger partial charge in [0.25, 0.3) is 5.89 Å². The van der Waals surface area contributed by atoms with E-state index in [1.54, 1.807) is 22.2 Å². The Morgan fingerprint density at radius 1 is 1.33 bits per heavy atom. The molecule has 0 spiro atoms. The van der Waals surface area contributed by atoms with Crippen LogP contribution in [-0.2, 0) is 16.6 Å². The topological polar surface area (TPSA) is 94.1 Å². The largest absolute Gasteiger partial charge is 0.420 e. The van der Waals surface area contributed by atoms with E-state index in [2.05, 4.69) is 15.3 Å². The second kappa shape index (κ2) is 7.17. The lowest BCUT2D eigenvalue weighted by molar-refractivity contribution is 0.286. The summed E-state index contributed by atoms with van der Waals surface area (Å²) >= 11 is 1.60. The van der Waals surface area contributed by atoms with E-state index >= 15 is 0 Å². The highest BCUT2D eigenvalue weighted by molar-refractivity contribution is 7.89. The van der Waals surface area contributed by atoms with E-state index < -0.39 is 10.0 Å². The fourth-order valence-electron chi connectivity index (χ4n) is 3.21. The van der Waals surface area contributed by atoms with Crippen molar-refractivity contribution in [3.05, 3.63) is 35.3 Å². The molecular weight excluding hydrogens is 386 g/mol. The molecule has 4 rings (SSSR count). The molecule has 0 unspecified atom stereocenters. The molecule has 1 aliphatic rings. The van der Waals surface area contributed by atoms with Crippen LogP contribution in [0.2, 0.25) is 0 Å². The van der Waals surface area contributed by atoms with E-state index in [4.69, 9.17) is 4.42 Å². The number of hydrogen-bond acceptors (Lipinski definition) is 7. The third-order valence-electron chi connectivity index (χ3n) is 4.70. The maximum Gasteiger partial charge on any atom is 0.257 e. The molecule has 8 nitrogen and oxygen atoms in total. The molecule has 4 heterocycles. The van der Waals surface area contributed by atoms with Gasteiger partial charge in [-0.2, -0.15) is 9.40 Å². The van der Waals surface area contributed by atoms with Gasteiger partial charge in [-0.3, -0.25) is 4.68 Å². The minimum atomic E-state index is -3.57. The van der Waals surface area contributed by atoms with E-state index in [9.17, 15) is 8.42 Å². The Morgan fingerprint density at radius 2 is 2.19 bits per heavy atom. The van der Waals surface area contributed by atoms with Gasteiger partial charge < -0.3 is 4.42 Å². The lowest BCUT2D eigenvalue weighted by Gasteiger charge is -2.29. The quantitative estimate of drug-likeness (QED) is 0.645. The minimum absolute atomic E-state index is 0.0999. The molecule has 1 aliphatic heterocycles. The monoisotopic (exact) mass is 407 g/mol. The Morgan fingerprint density at radius 3 is 2.89 bits per heavy atom. The van der Waals surface area contributed by atoms with Crippen molar-refractivity contribution in [1.82, 2.24) is 24.3 Å². The van der Waals surface area contributed by atoms with Crippen LogP contribution in [0, 0.1) is 6.92 Å². The lowest BCUT2D eigenvalue weighted by atomic mass is 10.00. The molecule has 3 aromatic heterocycles. The van der Waals surface area contributed by atoms with Gasteiger partial charge in [0.05, 0.1) is 17.0 Å². The molecule has 144 valence electrons. The highest BCUT2D eigenvalue weighted by Crippen LogP contribution is 2.32. The lowest BCUT2D eigenvalue weighted by Crippen LogP contribution is -2.39. The van der Waals surface area contributed by atoms with Gasteiger partial charge in [0.15, 0.2) is 0 Å². The van der Waals surface area contributed by atoms with Crippen LogP contribution in [0.15, 0.2) is 33.8 Å². The highest BCUT2D eigenvalue weighted by atomic mass is 32.2. The molecule has 0 aromatic carbocycles. The molecule has 0 amide bonds. The number of aromatic nitrogens is 4. The Balaban J connectivity index is 1.54. The van der Waals surface area contributed by atoms with Crippen LogP contribution in [0.3, 0.4) is 0 Å². The predicted molar refractivity (Wildman–Crippen MR) is 101 cm³/mol. The van der Waals surface area contributed by atoms with E-state index in [-0.39, 0.29) is 10.8 Å². The van der Waals surface area contributed by atoms with Gasteiger partial charge in [0, 0.05) is 30.7 Å². The van der Waals surface area contributed by atoms with Crippen molar-refractivity contribution in [3.63, 3.8) is 0 Å². The van der Waals surface area contributed by atoms with Gasteiger partial charge >= 0.3 is 0 Å². The average Bonchev–Trinajstić information content (AvgIpc) is 3.41. The summed E-state index contributed by atoms with van der Waals surface area (Å²) < 4.78 is 34.8. The highest BCUT2D eigenvalue weighted by Gasteiger charge is 2.34. The third kappa shape index (κ3) is 3.56. The second-order valence-corrected chi connectivity index (χ2v) is 9.82. The van der Waals surface area contributed by atoms with Crippen LogP contribution in [0.25, 0.3) is 10.8 Å². The van der Waals surface area contributed by atoms with E-state index in [0.29, 0.717) is 31.4 Å². The standard InChI is InChI=1S/C17H21N5O3S2/c1-3-21-11-14(9-18-21)27(23,24)22-8-4-5-13(10-22)16-19-20-17(25-16)15-7-6-12(2)26-15/h6-7,9,11,13H,3-5,8,10H2,1-2H3/t13-/m1/s1. The average molecular weight is 408 g/mol. The van der Waals surface area contributed by atoms with Crippen LogP contribution >= 0.6 is 11.3 Å². The maximum atomic E-state index is 12.9. The first-order valence-electron chi connectivity index (χ1n) is 8.90. The predicted octanol–water partition coefficient (Wildman–Crippen LogP) is 2.89. The van der Waals surface area contributed by atoms with Crippen LogP contribution in [0.4, 0.5) is 0 Å². The number of thiophene rings is 1. The molecule has 3 aromatic rings. The summed E-state index contributed by atoms with van der Waals surface area (Å²) in [5, 5.41) is 12.4. The first-order chi connectivity index (χ1) is 13.0. The van der Waals surface area contributed by atoms with Crippen LogP contribution < -0.4 is 0 Å². The number of piperidine rings is 1. The van der Waals surface area contributed by atoms with Gasteiger partial charge in [-0.1, -0.05) is 0 Å². The number of sulfonamides is 1. The Bertz CT molecular complexity index is 1040. The summed E-state index contributed by atoms with van der Waals surface area (Å²) in [5.74, 6) is 0.893. The van der Waals surface area contributed by atoms with Crippen molar-refractivity contribution < 1.29 is 12.8 Å². The SMILES string of the molecule is CCn1cc(S(=O)(=O)N2CCC[C@@H](c3nnc(-c4ccc(C)s4)o3)C2)cn1. The Kier molecular flexibility index (Phi) is 4.87. The van der Waals surface area contributed by atoms with Crippen LogP contribution in [-0.4, -0.2) is 45.8 Å². The van der Waals surface area contributed by atoms with Crippen molar-refractivity contribution >= 4 is 21.4 Å². The molecule has 10 heteroatoms. The summed E-state index contributed by atoms with van der Waals surface area (Å²) in [6.45, 7) is 5.40. The molecule has 0 N–H and O–H groups in total. The van der Waals surface area contributed by atoms with Crippen molar-refractivity contribution in [2.45, 2.75) is 44.0 Å². The Labute approximate surface area is 161 Å². The van der Waals surface area contributed by atoms with Gasteiger partial charge in [0.1, 0.15) is 4.90 Å². The van der Waals surface area contributed by atoms with Gasteiger partial charge in [0.2, 0.25) is 15.9 Å². The summed E-state index contributed by atoms with van der Waals surface area (Å²) in [6, 6.07) is 3.97. The maximum absolute atomic E-state index is 12.9. The normalized spacial score (nSPS) is 18.8. The fraction of sp³-hybridized carbons (Fsp3) is 0.471. The zero-order valence-corrected chi connectivity index (χ0v) is 16.8.